The van der Waals surface area contributed by atoms with E-state index < -0.39 is 17.9 Å². The van der Waals surface area contributed by atoms with Crippen LogP contribution in [-0.2, 0) is 19.1 Å². The monoisotopic (exact) mass is 437 g/mol. The van der Waals surface area contributed by atoms with Gasteiger partial charge in [0.2, 0.25) is 0 Å². The Bertz CT molecular complexity index is 958. The van der Waals surface area contributed by atoms with Gasteiger partial charge < -0.3 is 19.5 Å². The van der Waals surface area contributed by atoms with Crippen molar-refractivity contribution < 1.29 is 29.0 Å². The lowest BCUT2D eigenvalue weighted by molar-refractivity contribution is -0.137. The topological polar surface area (TPSA) is 118 Å². The first-order valence-electron chi connectivity index (χ1n) is 9.61. The SMILES string of the molecule is C=CC(=O)OCCN(CCOC(=O)C=C)c1ccc(N=Nc2ccc(C(=O)O)cc2)cc1. The minimum atomic E-state index is -1.01. The molecule has 0 radical (unpaired) electrons. The minimum absolute atomic E-state index is 0.133. The molecule has 1 N–H and O–H groups in total. The van der Waals surface area contributed by atoms with Crippen LogP contribution in [0, 0.1) is 0 Å². The number of carboxylic acid groups (broad SMARTS) is 1. The van der Waals surface area contributed by atoms with E-state index in [9.17, 15) is 14.4 Å². The Morgan fingerprint density at radius 2 is 1.25 bits per heavy atom. The van der Waals surface area contributed by atoms with Crippen LogP contribution < -0.4 is 4.90 Å². The molecule has 0 amide bonds. The quantitative estimate of drug-likeness (QED) is 0.302. The second kappa shape index (κ2) is 12.4. The summed E-state index contributed by atoms with van der Waals surface area (Å²) in [6, 6.07) is 13.2. The van der Waals surface area contributed by atoms with Crippen molar-refractivity contribution in [3.05, 3.63) is 79.4 Å². The number of ether oxygens (including phenoxy) is 2. The molecule has 9 nitrogen and oxygen atoms in total. The van der Waals surface area contributed by atoms with Gasteiger partial charge in [0.1, 0.15) is 13.2 Å². The molecule has 0 aromatic heterocycles. The van der Waals surface area contributed by atoms with Gasteiger partial charge in [-0.3, -0.25) is 0 Å². The predicted octanol–water partition coefficient (Wildman–Crippen LogP) is 4.07. The molecule has 0 aliphatic carbocycles. The fraction of sp³-hybridized carbons (Fsp3) is 0.174. The second-order valence-corrected chi connectivity index (χ2v) is 6.30. The van der Waals surface area contributed by atoms with E-state index in [1.54, 1.807) is 24.3 Å². The minimum Gasteiger partial charge on any atom is -0.478 e. The number of hydrogen-bond acceptors (Lipinski definition) is 8. The zero-order valence-corrected chi connectivity index (χ0v) is 17.3. The molecule has 0 atom stereocenters. The molecule has 2 rings (SSSR count). The summed E-state index contributed by atoms with van der Waals surface area (Å²) in [6.45, 7) is 7.73. The van der Waals surface area contributed by atoms with E-state index in [-0.39, 0.29) is 18.8 Å². The molecule has 9 heteroatoms. The normalized spacial score (nSPS) is 10.4. The van der Waals surface area contributed by atoms with Gasteiger partial charge in [-0.05, 0) is 48.5 Å². The fourth-order valence-corrected chi connectivity index (χ4v) is 2.52. The molecule has 0 saturated heterocycles. The van der Waals surface area contributed by atoms with E-state index in [1.165, 1.54) is 12.1 Å². The summed E-state index contributed by atoms with van der Waals surface area (Å²) < 4.78 is 10.1. The summed E-state index contributed by atoms with van der Waals surface area (Å²) in [5.74, 6) is -2.04. The first kappa shape index (κ1) is 24.0. The van der Waals surface area contributed by atoms with Gasteiger partial charge in [-0.25, -0.2) is 14.4 Å². The largest absolute Gasteiger partial charge is 0.478 e. The number of carboxylic acids is 1. The van der Waals surface area contributed by atoms with Crippen LogP contribution in [0.4, 0.5) is 17.1 Å². The third-order valence-corrected chi connectivity index (χ3v) is 4.15. The lowest BCUT2D eigenvalue weighted by Crippen LogP contribution is -2.31. The number of benzene rings is 2. The van der Waals surface area contributed by atoms with Crippen molar-refractivity contribution in [2.45, 2.75) is 0 Å². The zero-order chi connectivity index (χ0) is 23.3. The first-order valence-corrected chi connectivity index (χ1v) is 9.61. The number of carbonyl (C=O) groups excluding carboxylic acids is 2. The van der Waals surface area contributed by atoms with E-state index >= 15 is 0 Å². The number of nitrogens with zero attached hydrogens (tertiary/aromatic N) is 3. The number of aromatic carboxylic acids is 1. The van der Waals surface area contributed by atoms with Gasteiger partial charge in [-0.2, -0.15) is 10.2 Å². The average Bonchev–Trinajstić information content (AvgIpc) is 2.82. The highest BCUT2D eigenvalue weighted by Gasteiger charge is 2.09. The highest BCUT2D eigenvalue weighted by Crippen LogP contribution is 2.22. The molecule has 0 saturated carbocycles. The molecule has 0 fully saturated rings. The van der Waals surface area contributed by atoms with E-state index in [2.05, 4.69) is 23.4 Å². The summed E-state index contributed by atoms with van der Waals surface area (Å²) >= 11 is 0. The Morgan fingerprint density at radius 3 is 1.66 bits per heavy atom. The summed E-state index contributed by atoms with van der Waals surface area (Å²) in [5.41, 5.74) is 2.09. The standard InChI is InChI=1S/C23H23N3O6/c1-3-21(27)31-15-13-26(14-16-32-22(28)4-2)20-11-9-19(10-12-20)25-24-18-7-5-17(6-8-18)23(29)30/h3-12H,1-2,13-16H2,(H,29,30). The number of hydrogen-bond donors (Lipinski definition) is 1. The lowest BCUT2D eigenvalue weighted by Gasteiger charge is -2.24. The van der Waals surface area contributed by atoms with Gasteiger partial charge in [0.05, 0.1) is 30.0 Å². The van der Waals surface area contributed by atoms with Gasteiger partial charge in [-0.15, -0.1) is 0 Å². The van der Waals surface area contributed by atoms with E-state index in [4.69, 9.17) is 14.6 Å². The molecule has 2 aromatic carbocycles. The van der Waals surface area contributed by atoms with Gasteiger partial charge >= 0.3 is 17.9 Å². The molecule has 0 aliphatic rings. The second-order valence-electron chi connectivity index (χ2n) is 6.30. The Hall–Kier alpha value is -4.27. The Kier molecular flexibility index (Phi) is 9.32. The van der Waals surface area contributed by atoms with Gasteiger partial charge in [0.15, 0.2) is 0 Å². The molecule has 166 valence electrons. The van der Waals surface area contributed by atoms with Crippen LogP contribution in [0.3, 0.4) is 0 Å². The van der Waals surface area contributed by atoms with Crippen molar-refractivity contribution in [2.75, 3.05) is 31.2 Å². The van der Waals surface area contributed by atoms with E-state index in [0.717, 1.165) is 17.8 Å². The maximum absolute atomic E-state index is 11.3. The van der Waals surface area contributed by atoms with Crippen LogP contribution in [-0.4, -0.2) is 49.3 Å². The molecule has 0 unspecified atom stereocenters. The number of esters is 2. The van der Waals surface area contributed by atoms with Crippen molar-refractivity contribution in [1.29, 1.82) is 0 Å². The van der Waals surface area contributed by atoms with Crippen molar-refractivity contribution in [3.63, 3.8) is 0 Å². The third-order valence-electron chi connectivity index (χ3n) is 4.15. The van der Waals surface area contributed by atoms with Crippen molar-refractivity contribution in [2.24, 2.45) is 10.2 Å². The van der Waals surface area contributed by atoms with Crippen molar-refractivity contribution in [3.8, 4) is 0 Å². The van der Waals surface area contributed by atoms with Gasteiger partial charge in [-0.1, -0.05) is 13.2 Å². The maximum Gasteiger partial charge on any atom is 0.335 e. The average molecular weight is 437 g/mol. The molecular weight excluding hydrogens is 414 g/mol. The summed E-state index contributed by atoms with van der Waals surface area (Å²) in [7, 11) is 0. The number of azo groups is 1. The number of rotatable bonds is 12. The molecule has 32 heavy (non-hydrogen) atoms. The van der Waals surface area contributed by atoms with Crippen LogP contribution in [0.1, 0.15) is 10.4 Å². The predicted molar refractivity (Wildman–Crippen MR) is 119 cm³/mol. The Balaban J connectivity index is 2.04. The number of carbonyl (C=O) groups is 3. The van der Waals surface area contributed by atoms with Crippen LogP contribution in [0.25, 0.3) is 0 Å². The molecule has 0 heterocycles. The third kappa shape index (κ3) is 7.86. The molecule has 2 aromatic rings. The van der Waals surface area contributed by atoms with Crippen LogP contribution in [0.2, 0.25) is 0 Å². The van der Waals surface area contributed by atoms with Gasteiger partial charge in [0, 0.05) is 17.8 Å². The first-order chi connectivity index (χ1) is 15.4. The Labute approximate surface area is 185 Å². The Morgan fingerprint density at radius 1 is 0.812 bits per heavy atom. The van der Waals surface area contributed by atoms with Crippen LogP contribution >= 0.6 is 0 Å². The molecular formula is C23H23N3O6. The van der Waals surface area contributed by atoms with E-state index in [1.807, 2.05) is 17.0 Å². The zero-order valence-electron chi connectivity index (χ0n) is 17.3. The maximum atomic E-state index is 11.3. The molecule has 0 bridgehead atoms. The van der Waals surface area contributed by atoms with Crippen LogP contribution in [0.5, 0.6) is 0 Å². The molecule has 0 aliphatic heterocycles. The highest BCUT2D eigenvalue weighted by molar-refractivity contribution is 5.87. The summed E-state index contributed by atoms with van der Waals surface area (Å²) in [5, 5.41) is 17.2. The highest BCUT2D eigenvalue weighted by atomic mass is 16.5. The molecule has 0 spiro atoms. The van der Waals surface area contributed by atoms with E-state index in [0.29, 0.717) is 24.5 Å². The lowest BCUT2D eigenvalue weighted by atomic mass is 10.2. The van der Waals surface area contributed by atoms with Crippen LogP contribution in [0.15, 0.2) is 84.1 Å². The summed E-state index contributed by atoms with van der Waals surface area (Å²) in [4.78, 5) is 35.3. The van der Waals surface area contributed by atoms with Gasteiger partial charge in [0.25, 0.3) is 0 Å². The van der Waals surface area contributed by atoms with Crippen molar-refractivity contribution >= 4 is 35.0 Å². The summed E-state index contributed by atoms with van der Waals surface area (Å²) in [6.07, 6.45) is 2.18. The van der Waals surface area contributed by atoms with Crippen molar-refractivity contribution in [1.82, 2.24) is 0 Å². The smallest absolute Gasteiger partial charge is 0.335 e. The fourth-order valence-electron chi connectivity index (χ4n) is 2.52. The number of anilines is 1.